The third-order valence-corrected chi connectivity index (χ3v) is 5.82. The lowest BCUT2D eigenvalue weighted by atomic mass is 9.85. The molecule has 140 valence electrons. The number of aliphatic imine (C=N–C) groups is 1. The van der Waals surface area contributed by atoms with Crippen molar-refractivity contribution in [1.29, 1.82) is 0 Å². The maximum atomic E-state index is 4.41. The van der Waals surface area contributed by atoms with E-state index in [0.29, 0.717) is 12.1 Å². The summed E-state index contributed by atoms with van der Waals surface area (Å²) >= 11 is 0. The average Bonchev–Trinajstić information content (AvgIpc) is 2.60. The number of rotatable bonds is 6. The van der Waals surface area contributed by atoms with Gasteiger partial charge in [-0.2, -0.15) is 0 Å². The molecule has 2 N–H and O–H groups in total. The third kappa shape index (κ3) is 6.60. The van der Waals surface area contributed by atoms with Gasteiger partial charge in [0.05, 0.1) is 0 Å². The summed E-state index contributed by atoms with van der Waals surface area (Å²) in [5.41, 5.74) is 0. The van der Waals surface area contributed by atoms with Crippen LogP contribution >= 0.6 is 0 Å². The molecule has 0 aromatic heterocycles. The molecule has 2 unspecified atom stereocenters. The summed E-state index contributed by atoms with van der Waals surface area (Å²) in [4.78, 5) is 9.28. The van der Waals surface area contributed by atoms with E-state index in [9.17, 15) is 0 Å². The van der Waals surface area contributed by atoms with Crippen molar-refractivity contribution in [3.8, 4) is 0 Å². The number of nitrogens with one attached hydrogen (secondary N) is 2. The van der Waals surface area contributed by atoms with Gasteiger partial charge in [0, 0.05) is 45.3 Å². The first-order valence-electron chi connectivity index (χ1n) is 9.94. The summed E-state index contributed by atoms with van der Waals surface area (Å²) < 4.78 is 0. The summed E-state index contributed by atoms with van der Waals surface area (Å²) in [7, 11) is 6.31. The second-order valence-corrected chi connectivity index (χ2v) is 7.98. The highest BCUT2D eigenvalue weighted by atomic mass is 15.3. The highest BCUT2D eigenvalue weighted by Gasteiger charge is 2.22. The summed E-state index contributed by atoms with van der Waals surface area (Å²) in [5, 5.41) is 7.11. The topological polar surface area (TPSA) is 42.9 Å². The van der Waals surface area contributed by atoms with Gasteiger partial charge >= 0.3 is 0 Å². The molecule has 1 aliphatic carbocycles. The molecule has 1 heterocycles. The van der Waals surface area contributed by atoms with Crippen molar-refractivity contribution in [3.63, 3.8) is 0 Å². The Morgan fingerprint density at radius 1 is 1.17 bits per heavy atom. The minimum atomic E-state index is 0.491. The number of nitrogens with zero attached hydrogens (tertiary/aromatic N) is 3. The van der Waals surface area contributed by atoms with Gasteiger partial charge in [0.1, 0.15) is 0 Å². The van der Waals surface area contributed by atoms with E-state index in [1.165, 1.54) is 44.9 Å². The Morgan fingerprint density at radius 2 is 1.92 bits per heavy atom. The Kier molecular flexibility index (Phi) is 8.33. The molecular formula is C19H39N5. The van der Waals surface area contributed by atoms with Crippen LogP contribution in [0.2, 0.25) is 0 Å². The minimum Gasteiger partial charge on any atom is -0.355 e. The lowest BCUT2D eigenvalue weighted by Crippen LogP contribution is -2.55. The van der Waals surface area contributed by atoms with Gasteiger partial charge in [-0.05, 0) is 39.8 Å². The minimum absolute atomic E-state index is 0.491. The molecule has 2 atom stereocenters. The molecule has 5 heteroatoms. The number of hydrogen-bond acceptors (Lipinski definition) is 3. The van der Waals surface area contributed by atoms with E-state index in [0.717, 1.165) is 38.1 Å². The molecule has 2 aliphatic rings. The molecule has 0 bridgehead atoms. The quantitative estimate of drug-likeness (QED) is 0.576. The Balaban J connectivity index is 1.67. The van der Waals surface area contributed by atoms with Crippen molar-refractivity contribution in [1.82, 2.24) is 20.4 Å². The Bertz CT molecular complexity index is 378. The second-order valence-electron chi connectivity index (χ2n) is 7.98. The molecular weight excluding hydrogens is 298 g/mol. The number of hydrogen-bond donors (Lipinski definition) is 2. The second kappa shape index (κ2) is 10.2. The van der Waals surface area contributed by atoms with Gasteiger partial charge in [0.2, 0.25) is 0 Å². The zero-order valence-corrected chi connectivity index (χ0v) is 16.4. The van der Waals surface area contributed by atoms with E-state index in [2.05, 4.69) is 46.4 Å². The molecule has 5 nitrogen and oxygen atoms in total. The zero-order valence-electron chi connectivity index (χ0n) is 16.4. The fraction of sp³-hybridized carbons (Fsp3) is 0.947. The first-order chi connectivity index (χ1) is 11.6. The highest BCUT2D eigenvalue weighted by molar-refractivity contribution is 5.79. The molecule has 1 aliphatic heterocycles. The van der Waals surface area contributed by atoms with Crippen LogP contribution in [0.25, 0.3) is 0 Å². The summed E-state index contributed by atoms with van der Waals surface area (Å²) in [6, 6.07) is 1.05. The van der Waals surface area contributed by atoms with Crippen LogP contribution in [-0.4, -0.2) is 75.2 Å². The summed E-state index contributed by atoms with van der Waals surface area (Å²) in [6.45, 7) is 6.68. The van der Waals surface area contributed by atoms with Crippen molar-refractivity contribution in [2.45, 2.75) is 64.0 Å². The molecule has 0 aromatic carbocycles. The molecule has 2 rings (SSSR count). The molecule has 0 amide bonds. The van der Waals surface area contributed by atoms with Gasteiger partial charge in [-0.25, -0.2) is 0 Å². The van der Waals surface area contributed by atoms with Crippen molar-refractivity contribution >= 4 is 5.96 Å². The van der Waals surface area contributed by atoms with E-state index in [1.54, 1.807) is 0 Å². The van der Waals surface area contributed by atoms with E-state index >= 15 is 0 Å². The van der Waals surface area contributed by atoms with Gasteiger partial charge in [-0.15, -0.1) is 0 Å². The average molecular weight is 338 g/mol. The summed E-state index contributed by atoms with van der Waals surface area (Å²) in [6.07, 6.45) is 9.84. The predicted octanol–water partition coefficient (Wildman–Crippen LogP) is 2.15. The molecule has 1 saturated heterocycles. The van der Waals surface area contributed by atoms with Crippen molar-refractivity contribution in [3.05, 3.63) is 0 Å². The largest absolute Gasteiger partial charge is 0.355 e. The van der Waals surface area contributed by atoms with Gasteiger partial charge in [-0.3, -0.25) is 9.89 Å². The van der Waals surface area contributed by atoms with Crippen molar-refractivity contribution < 1.29 is 0 Å². The molecule has 1 saturated carbocycles. The molecule has 0 radical (unpaired) electrons. The third-order valence-electron chi connectivity index (χ3n) is 5.82. The van der Waals surface area contributed by atoms with Gasteiger partial charge < -0.3 is 15.5 Å². The van der Waals surface area contributed by atoms with Crippen LogP contribution in [0.5, 0.6) is 0 Å². The van der Waals surface area contributed by atoms with Gasteiger partial charge in [-0.1, -0.05) is 32.1 Å². The molecule has 0 spiro atoms. The first kappa shape index (κ1) is 19.5. The Hall–Kier alpha value is -0.810. The molecule has 2 fully saturated rings. The Labute approximate surface area is 149 Å². The van der Waals surface area contributed by atoms with Gasteiger partial charge in [0.15, 0.2) is 5.96 Å². The standard InChI is InChI=1S/C19H39N5/c1-16(10-11-17-8-6-5-7-9-17)22-19(20-2)21-14-18-15-23(3)12-13-24(18)4/h16-18H,5-15H2,1-4H3,(H2,20,21,22). The SMILES string of the molecule is CN=C(NCC1CN(C)CCN1C)NC(C)CCC1CCCCC1. The van der Waals surface area contributed by atoms with Crippen LogP contribution in [0.4, 0.5) is 0 Å². The zero-order chi connectivity index (χ0) is 17.4. The normalized spacial score (nSPS) is 26.3. The lowest BCUT2D eigenvalue weighted by Gasteiger charge is -2.38. The summed E-state index contributed by atoms with van der Waals surface area (Å²) in [5.74, 6) is 1.91. The van der Waals surface area contributed by atoms with E-state index < -0.39 is 0 Å². The van der Waals surface area contributed by atoms with Crippen molar-refractivity contribution in [2.75, 3.05) is 47.3 Å². The maximum Gasteiger partial charge on any atom is 0.191 e. The lowest BCUT2D eigenvalue weighted by molar-refractivity contribution is 0.116. The number of piperazine rings is 1. The predicted molar refractivity (Wildman–Crippen MR) is 104 cm³/mol. The van der Waals surface area contributed by atoms with Crippen LogP contribution in [0.15, 0.2) is 4.99 Å². The van der Waals surface area contributed by atoms with E-state index in [4.69, 9.17) is 0 Å². The van der Waals surface area contributed by atoms with Gasteiger partial charge in [0.25, 0.3) is 0 Å². The first-order valence-corrected chi connectivity index (χ1v) is 9.94. The van der Waals surface area contributed by atoms with E-state index in [1.807, 2.05) is 7.05 Å². The highest BCUT2D eigenvalue weighted by Crippen LogP contribution is 2.27. The monoisotopic (exact) mass is 337 g/mol. The maximum absolute atomic E-state index is 4.41. The Morgan fingerprint density at radius 3 is 2.62 bits per heavy atom. The molecule has 0 aromatic rings. The van der Waals surface area contributed by atoms with Crippen LogP contribution in [0, 0.1) is 5.92 Å². The van der Waals surface area contributed by atoms with Crippen LogP contribution in [0.3, 0.4) is 0 Å². The molecule has 24 heavy (non-hydrogen) atoms. The fourth-order valence-electron chi connectivity index (χ4n) is 4.00. The fourth-order valence-corrected chi connectivity index (χ4v) is 4.00. The number of likely N-dealkylation sites (N-methyl/N-ethyl adjacent to an activating group) is 2. The van der Waals surface area contributed by atoms with Crippen LogP contribution in [0.1, 0.15) is 51.9 Å². The van der Waals surface area contributed by atoms with Crippen LogP contribution in [-0.2, 0) is 0 Å². The van der Waals surface area contributed by atoms with Crippen LogP contribution < -0.4 is 10.6 Å². The van der Waals surface area contributed by atoms with E-state index in [-0.39, 0.29) is 0 Å². The smallest absolute Gasteiger partial charge is 0.191 e. The number of guanidine groups is 1. The van der Waals surface area contributed by atoms with Crippen molar-refractivity contribution in [2.24, 2.45) is 10.9 Å².